The molecule has 1 unspecified atom stereocenters. The number of anilines is 1. The topological polar surface area (TPSA) is 62.6 Å². The van der Waals surface area contributed by atoms with E-state index in [9.17, 15) is 22.8 Å². The smallest absolute Gasteiger partial charge is 0.346 e. The molecule has 5 nitrogen and oxygen atoms in total. The summed E-state index contributed by atoms with van der Waals surface area (Å²) in [5.41, 5.74) is -0.722. The number of hydrogen-bond acceptors (Lipinski definition) is 2. The Morgan fingerprint density at radius 3 is 2.81 bits per heavy atom. The zero-order chi connectivity index (χ0) is 15.5. The molecule has 1 aliphatic heterocycles. The molecule has 114 valence electrons. The van der Waals surface area contributed by atoms with Gasteiger partial charge in [0.15, 0.2) is 13.1 Å². The Labute approximate surface area is 119 Å². The summed E-state index contributed by atoms with van der Waals surface area (Å²) in [4.78, 5) is 23.8. The van der Waals surface area contributed by atoms with Gasteiger partial charge in [-0.05, 0) is 18.2 Å². The molecule has 3 N–H and O–H groups in total. The number of halogens is 3. The van der Waals surface area contributed by atoms with E-state index in [-0.39, 0.29) is 24.7 Å². The molecular weight excluding hydrogens is 287 g/mol. The molecule has 0 aliphatic carbocycles. The van der Waals surface area contributed by atoms with Crippen molar-refractivity contribution in [1.82, 2.24) is 5.32 Å². The molecule has 1 atom stereocenters. The van der Waals surface area contributed by atoms with Crippen LogP contribution in [0.3, 0.4) is 0 Å². The third-order valence-corrected chi connectivity index (χ3v) is 3.10. The van der Waals surface area contributed by atoms with Crippen LogP contribution in [0.15, 0.2) is 24.3 Å². The maximum atomic E-state index is 12.6. The van der Waals surface area contributed by atoms with Gasteiger partial charge in [-0.25, -0.2) is 0 Å². The second-order valence-corrected chi connectivity index (χ2v) is 4.83. The number of alkyl halides is 3. The van der Waals surface area contributed by atoms with Gasteiger partial charge in [0.2, 0.25) is 0 Å². The average Bonchev–Trinajstić information content (AvgIpc) is 2.37. The molecule has 2 rings (SSSR count). The van der Waals surface area contributed by atoms with E-state index in [4.69, 9.17) is 0 Å². The lowest BCUT2D eigenvalue weighted by Crippen LogP contribution is -3.16. The fourth-order valence-corrected chi connectivity index (χ4v) is 2.11. The molecule has 1 aliphatic rings. The van der Waals surface area contributed by atoms with Gasteiger partial charge in [0.05, 0.1) is 18.7 Å². The maximum absolute atomic E-state index is 12.6. The lowest BCUT2D eigenvalue weighted by atomic mass is 10.2. The van der Waals surface area contributed by atoms with Gasteiger partial charge < -0.3 is 15.5 Å². The third kappa shape index (κ3) is 4.45. The molecule has 8 heteroatoms. The molecule has 0 spiro atoms. The van der Waals surface area contributed by atoms with Gasteiger partial charge in [-0.2, -0.15) is 13.2 Å². The van der Waals surface area contributed by atoms with Crippen LogP contribution in [0.25, 0.3) is 0 Å². The highest BCUT2D eigenvalue weighted by Crippen LogP contribution is 2.30. The predicted molar refractivity (Wildman–Crippen MR) is 68.6 cm³/mol. The van der Waals surface area contributed by atoms with Gasteiger partial charge in [0.1, 0.15) is 0 Å². The summed E-state index contributed by atoms with van der Waals surface area (Å²) in [7, 11) is 0. The summed E-state index contributed by atoms with van der Waals surface area (Å²) in [6, 6.07) is 4.46. The number of benzene rings is 1. The minimum Gasteiger partial charge on any atom is -0.346 e. The largest absolute Gasteiger partial charge is 0.416 e. The lowest BCUT2D eigenvalue weighted by Gasteiger charge is -2.23. The summed E-state index contributed by atoms with van der Waals surface area (Å²) in [5.74, 6) is -0.554. The van der Waals surface area contributed by atoms with E-state index in [0.717, 1.165) is 17.0 Å². The van der Waals surface area contributed by atoms with Crippen LogP contribution >= 0.6 is 0 Å². The van der Waals surface area contributed by atoms with Gasteiger partial charge in [-0.1, -0.05) is 6.07 Å². The van der Waals surface area contributed by atoms with Crippen molar-refractivity contribution in [3.63, 3.8) is 0 Å². The normalized spacial score (nSPS) is 19.0. The summed E-state index contributed by atoms with van der Waals surface area (Å²) in [5, 5.41) is 5.07. The van der Waals surface area contributed by atoms with Crippen LogP contribution in [0.1, 0.15) is 5.56 Å². The van der Waals surface area contributed by atoms with Gasteiger partial charge in [0, 0.05) is 5.69 Å². The van der Waals surface area contributed by atoms with Crippen LogP contribution in [0, 0.1) is 0 Å². The molecule has 0 aromatic heterocycles. The summed E-state index contributed by atoms with van der Waals surface area (Å²) in [6.07, 6.45) is -4.45. The summed E-state index contributed by atoms with van der Waals surface area (Å²) in [6.45, 7) is 1.34. The minimum absolute atomic E-state index is 0.0453. The van der Waals surface area contributed by atoms with E-state index >= 15 is 0 Å². The number of hydrogen-bond donors (Lipinski definition) is 3. The maximum Gasteiger partial charge on any atom is 0.416 e. The molecule has 2 amide bonds. The molecule has 1 aromatic rings. The number of nitrogens with one attached hydrogen (secondary N) is 3. The fraction of sp³-hybridized carbons (Fsp3) is 0.385. The molecule has 0 bridgehead atoms. The van der Waals surface area contributed by atoms with Crippen molar-refractivity contribution in [2.75, 3.05) is 31.5 Å². The number of piperazine rings is 1. The SMILES string of the molecule is O=C1C[NH+](CC(=O)Nc2cccc(C(F)(F)F)c2)CCN1. The minimum atomic E-state index is -4.45. The second kappa shape index (κ2) is 6.13. The van der Waals surface area contributed by atoms with Crippen molar-refractivity contribution >= 4 is 17.5 Å². The van der Waals surface area contributed by atoms with E-state index in [1.54, 1.807) is 0 Å². The Hall–Kier alpha value is -2.09. The Morgan fingerprint density at radius 2 is 2.14 bits per heavy atom. The van der Waals surface area contributed by atoms with Crippen LogP contribution in [0.4, 0.5) is 18.9 Å². The first kappa shape index (κ1) is 15.3. The predicted octanol–water partition coefficient (Wildman–Crippen LogP) is -0.341. The van der Waals surface area contributed by atoms with Crippen LogP contribution in [0.5, 0.6) is 0 Å². The van der Waals surface area contributed by atoms with Crippen LogP contribution in [-0.4, -0.2) is 38.0 Å². The van der Waals surface area contributed by atoms with Gasteiger partial charge in [-0.3, -0.25) is 9.59 Å². The Morgan fingerprint density at radius 1 is 1.38 bits per heavy atom. The summed E-state index contributed by atoms with van der Waals surface area (Å²) < 4.78 is 37.7. The molecule has 21 heavy (non-hydrogen) atoms. The van der Waals surface area contributed by atoms with E-state index in [1.807, 2.05) is 0 Å². The van der Waals surface area contributed by atoms with Crippen molar-refractivity contribution in [3.8, 4) is 0 Å². The zero-order valence-electron chi connectivity index (χ0n) is 11.1. The highest BCUT2D eigenvalue weighted by Gasteiger charge is 2.30. The first-order valence-corrected chi connectivity index (χ1v) is 6.42. The van der Waals surface area contributed by atoms with Crippen molar-refractivity contribution in [1.29, 1.82) is 0 Å². The average molecular weight is 302 g/mol. The monoisotopic (exact) mass is 302 g/mol. The lowest BCUT2D eigenvalue weighted by molar-refractivity contribution is -0.885. The summed E-state index contributed by atoms with van der Waals surface area (Å²) >= 11 is 0. The number of amides is 2. The first-order chi connectivity index (χ1) is 9.84. The highest BCUT2D eigenvalue weighted by molar-refractivity contribution is 5.91. The van der Waals surface area contributed by atoms with E-state index in [2.05, 4.69) is 10.6 Å². The number of rotatable bonds is 3. The molecule has 1 fully saturated rings. The molecule has 1 saturated heterocycles. The molecule has 1 heterocycles. The number of carbonyl (C=O) groups excluding carboxylic acids is 2. The molecule has 1 aromatic carbocycles. The van der Waals surface area contributed by atoms with E-state index in [0.29, 0.717) is 13.1 Å². The number of quaternary nitrogens is 1. The third-order valence-electron chi connectivity index (χ3n) is 3.10. The number of carbonyl (C=O) groups is 2. The van der Waals surface area contributed by atoms with Gasteiger partial charge in [0.25, 0.3) is 11.8 Å². The van der Waals surface area contributed by atoms with Crippen molar-refractivity contribution in [2.45, 2.75) is 6.18 Å². The van der Waals surface area contributed by atoms with Crippen LogP contribution in [-0.2, 0) is 15.8 Å². The van der Waals surface area contributed by atoms with Gasteiger partial charge >= 0.3 is 6.18 Å². The zero-order valence-corrected chi connectivity index (χ0v) is 11.1. The van der Waals surface area contributed by atoms with Crippen molar-refractivity contribution < 1.29 is 27.7 Å². The Balaban J connectivity index is 1.95. The van der Waals surface area contributed by atoms with Crippen LogP contribution < -0.4 is 15.5 Å². The standard InChI is InChI=1S/C13H14F3N3O2/c14-13(15,16)9-2-1-3-10(6-9)18-12(21)8-19-5-4-17-11(20)7-19/h1-3,6H,4-5,7-8H2,(H,17,20)(H,18,21)/p+1. The molecule has 0 saturated carbocycles. The Bertz CT molecular complexity index is 546. The molecule has 0 radical (unpaired) electrons. The first-order valence-electron chi connectivity index (χ1n) is 6.42. The van der Waals surface area contributed by atoms with Crippen LogP contribution in [0.2, 0.25) is 0 Å². The Kier molecular flexibility index (Phi) is 4.46. The molecular formula is C13H15F3N3O2+. The van der Waals surface area contributed by atoms with E-state index < -0.39 is 17.6 Å². The van der Waals surface area contributed by atoms with Crippen molar-refractivity contribution in [2.24, 2.45) is 0 Å². The fourth-order valence-electron chi connectivity index (χ4n) is 2.11. The second-order valence-electron chi connectivity index (χ2n) is 4.83. The quantitative estimate of drug-likeness (QED) is 0.715. The van der Waals surface area contributed by atoms with E-state index in [1.165, 1.54) is 12.1 Å². The highest BCUT2D eigenvalue weighted by atomic mass is 19.4. The van der Waals surface area contributed by atoms with Crippen molar-refractivity contribution in [3.05, 3.63) is 29.8 Å². The van der Waals surface area contributed by atoms with Gasteiger partial charge in [-0.15, -0.1) is 0 Å².